The van der Waals surface area contributed by atoms with E-state index in [-0.39, 0.29) is 6.09 Å². The lowest BCUT2D eigenvalue weighted by Gasteiger charge is -2.20. The van der Waals surface area contributed by atoms with E-state index in [1.54, 1.807) is 0 Å². The van der Waals surface area contributed by atoms with E-state index in [4.69, 9.17) is 4.74 Å². The number of carbonyl (C=O) groups excluding carboxylic acids is 1. The predicted molar refractivity (Wildman–Crippen MR) is 57.2 cm³/mol. The molecule has 0 aromatic carbocycles. The van der Waals surface area contributed by atoms with Crippen LogP contribution in [0.5, 0.6) is 0 Å². The third kappa shape index (κ3) is 8.09. The maximum atomic E-state index is 11.1. The summed E-state index contributed by atoms with van der Waals surface area (Å²) in [6, 6.07) is 0. The van der Waals surface area contributed by atoms with Gasteiger partial charge in [0.05, 0.1) is 0 Å². The zero-order valence-electron chi connectivity index (χ0n) is 8.69. The minimum atomic E-state index is -0.415. The van der Waals surface area contributed by atoms with E-state index in [0.29, 0.717) is 12.5 Å². The van der Waals surface area contributed by atoms with Gasteiger partial charge >= 0.3 is 6.09 Å². The minimum absolute atomic E-state index is 0.347. The number of rotatable bonds is 3. The smallest absolute Gasteiger partial charge is 0.407 e. The monoisotopic (exact) mass is 251 g/mol. The Bertz CT molecular complexity index is 165. The minimum Gasteiger partial charge on any atom is -0.444 e. The number of alkyl halides is 1. The van der Waals surface area contributed by atoms with E-state index in [2.05, 4.69) is 21.2 Å². The number of ether oxygens (including phenoxy) is 1. The Hall–Kier alpha value is -0.250. The second-order valence-electron chi connectivity index (χ2n) is 4.14. The normalized spacial score (nSPS) is 13.6. The van der Waals surface area contributed by atoms with Crippen molar-refractivity contribution in [3.63, 3.8) is 0 Å². The van der Waals surface area contributed by atoms with Crippen molar-refractivity contribution in [1.82, 2.24) is 5.32 Å². The van der Waals surface area contributed by atoms with Gasteiger partial charge in [0.1, 0.15) is 5.60 Å². The third-order valence-corrected chi connectivity index (χ3v) is 2.36. The molecule has 0 spiro atoms. The molecule has 0 saturated heterocycles. The van der Waals surface area contributed by atoms with E-state index in [9.17, 15) is 4.79 Å². The van der Waals surface area contributed by atoms with Crippen molar-refractivity contribution in [3.05, 3.63) is 0 Å². The van der Waals surface area contributed by atoms with Gasteiger partial charge in [0, 0.05) is 11.9 Å². The predicted octanol–water partition coefficient (Wildman–Crippen LogP) is 2.54. The summed E-state index contributed by atoms with van der Waals surface area (Å²) in [5.74, 6) is 0.424. The topological polar surface area (TPSA) is 38.3 Å². The molecule has 0 radical (unpaired) electrons. The van der Waals surface area contributed by atoms with Crippen LogP contribution in [-0.2, 0) is 4.74 Å². The number of carbonyl (C=O) groups is 1. The average Bonchev–Trinajstić information content (AvgIpc) is 1.97. The van der Waals surface area contributed by atoms with Gasteiger partial charge in [0.25, 0.3) is 0 Å². The summed E-state index contributed by atoms with van der Waals surface area (Å²) in [5.41, 5.74) is -0.415. The van der Waals surface area contributed by atoms with E-state index in [1.807, 2.05) is 27.7 Å². The first kappa shape index (κ1) is 12.8. The number of alkyl carbamates (subject to hydrolysis) is 1. The van der Waals surface area contributed by atoms with Crippen LogP contribution >= 0.6 is 15.9 Å². The third-order valence-electron chi connectivity index (χ3n) is 1.26. The van der Waals surface area contributed by atoms with Crippen LogP contribution < -0.4 is 5.32 Å². The summed E-state index contributed by atoms with van der Waals surface area (Å²) in [4.78, 5) is 11.1. The Morgan fingerprint density at radius 3 is 2.46 bits per heavy atom. The molecule has 0 saturated carbocycles. The van der Waals surface area contributed by atoms with Gasteiger partial charge in [0.2, 0.25) is 0 Å². The number of amides is 1. The molecule has 1 amide bonds. The lowest BCUT2D eigenvalue weighted by atomic mass is 10.2. The number of halogens is 1. The van der Waals surface area contributed by atoms with Gasteiger partial charge in [-0.2, -0.15) is 0 Å². The molecule has 0 fully saturated rings. The molecule has 0 aliphatic carbocycles. The van der Waals surface area contributed by atoms with Gasteiger partial charge in [0.15, 0.2) is 0 Å². The fourth-order valence-electron chi connectivity index (χ4n) is 0.626. The highest BCUT2D eigenvalue weighted by molar-refractivity contribution is 9.09. The van der Waals surface area contributed by atoms with Crippen molar-refractivity contribution in [2.45, 2.75) is 33.3 Å². The lowest BCUT2D eigenvalue weighted by molar-refractivity contribution is 0.0522. The summed E-state index contributed by atoms with van der Waals surface area (Å²) in [5, 5.41) is 3.58. The van der Waals surface area contributed by atoms with Gasteiger partial charge in [-0.15, -0.1) is 0 Å². The maximum Gasteiger partial charge on any atom is 0.407 e. The Morgan fingerprint density at radius 2 is 2.08 bits per heavy atom. The average molecular weight is 252 g/mol. The second-order valence-corrected chi connectivity index (χ2v) is 4.79. The molecule has 1 N–H and O–H groups in total. The van der Waals surface area contributed by atoms with Crippen molar-refractivity contribution in [2.24, 2.45) is 5.92 Å². The highest BCUT2D eigenvalue weighted by Crippen LogP contribution is 2.06. The molecule has 78 valence electrons. The molecular formula is C9H18BrNO2. The zero-order chi connectivity index (χ0) is 10.5. The highest BCUT2D eigenvalue weighted by atomic mass is 79.9. The lowest BCUT2D eigenvalue weighted by Crippen LogP contribution is -2.35. The molecule has 4 heteroatoms. The van der Waals surface area contributed by atoms with Crippen LogP contribution in [-0.4, -0.2) is 23.6 Å². The fraction of sp³-hybridized carbons (Fsp3) is 0.889. The zero-order valence-corrected chi connectivity index (χ0v) is 10.3. The molecule has 0 aromatic rings. The number of nitrogens with one attached hydrogen (secondary N) is 1. The molecule has 1 unspecified atom stereocenters. The SMILES string of the molecule is CC(CBr)CNC(=O)OC(C)(C)C. The number of hydrogen-bond donors (Lipinski definition) is 1. The number of hydrogen-bond acceptors (Lipinski definition) is 2. The van der Waals surface area contributed by atoms with Gasteiger partial charge in [-0.05, 0) is 26.7 Å². The summed E-state index contributed by atoms with van der Waals surface area (Å²) in [6.07, 6.45) is -0.347. The molecule has 13 heavy (non-hydrogen) atoms. The van der Waals surface area contributed by atoms with Gasteiger partial charge < -0.3 is 10.1 Å². The Balaban J connectivity index is 3.64. The van der Waals surface area contributed by atoms with Gasteiger partial charge in [-0.3, -0.25) is 0 Å². The first-order valence-corrected chi connectivity index (χ1v) is 5.50. The van der Waals surface area contributed by atoms with Crippen molar-refractivity contribution >= 4 is 22.0 Å². The van der Waals surface area contributed by atoms with Crippen molar-refractivity contribution < 1.29 is 9.53 Å². The highest BCUT2D eigenvalue weighted by Gasteiger charge is 2.15. The Morgan fingerprint density at radius 1 is 1.54 bits per heavy atom. The Labute approximate surface area is 88.4 Å². The standard InChI is InChI=1S/C9H18BrNO2/c1-7(5-10)6-11-8(12)13-9(2,3)4/h7H,5-6H2,1-4H3,(H,11,12). The molecule has 0 bridgehead atoms. The first-order valence-electron chi connectivity index (χ1n) is 4.38. The van der Waals surface area contributed by atoms with Gasteiger partial charge in [-0.25, -0.2) is 4.79 Å². The molecule has 3 nitrogen and oxygen atoms in total. The van der Waals surface area contributed by atoms with Crippen molar-refractivity contribution in [1.29, 1.82) is 0 Å². The molecule has 0 aliphatic heterocycles. The van der Waals surface area contributed by atoms with Crippen LogP contribution in [0.3, 0.4) is 0 Å². The summed E-state index contributed by atoms with van der Waals surface area (Å²) in [6.45, 7) is 8.23. The quantitative estimate of drug-likeness (QED) is 0.784. The van der Waals surface area contributed by atoms with Crippen LogP contribution in [0.15, 0.2) is 0 Å². The van der Waals surface area contributed by atoms with E-state index in [0.717, 1.165) is 5.33 Å². The van der Waals surface area contributed by atoms with Crippen LogP contribution in [0.1, 0.15) is 27.7 Å². The van der Waals surface area contributed by atoms with Crippen LogP contribution in [0.2, 0.25) is 0 Å². The summed E-state index contributed by atoms with van der Waals surface area (Å²) in [7, 11) is 0. The van der Waals surface area contributed by atoms with Crippen LogP contribution in [0.25, 0.3) is 0 Å². The van der Waals surface area contributed by atoms with E-state index >= 15 is 0 Å². The van der Waals surface area contributed by atoms with E-state index in [1.165, 1.54) is 0 Å². The van der Waals surface area contributed by atoms with Crippen molar-refractivity contribution in [3.8, 4) is 0 Å². The Kier molecular flexibility index (Phi) is 5.37. The molecule has 0 aromatic heterocycles. The van der Waals surface area contributed by atoms with Crippen LogP contribution in [0.4, 0.5) is 4.79 Å². The molecule has 0 aliphatic rings. The first-order chi connectivity index (χ1) is 5.85. The fourth-order valence-corrected chi connectivity index (χ4v) is 0.855. The molecule has 0 rings (SSSR count). The van der Waals surface area contributed by atoms with Crippen molar-refractivity contribution in [2.75, 3.05) is 11.9 Å². The summed E-state index contributed by atoms with van der Waals surface area (Å²) >= 11 is 3.33. The van der Waals surface area contributed by atoms with E-state index < -0.39 is 5.60 Å². The second kappa shape index (κ2) is 5.47. The maximum absolute atomic E-state index is 11.1. The van der Waals surface area contributed by atoms with Gasteiger partial charge in [-0.1, -0.05) is 22.9 Å². The van der Waals surface area contributed by atoms with Crippen LogP contribution in [0, 0.1) is 5.92 Å². The summed E-state index contributed by atoms with van der Waals surface area (Å²) < 4.78 is 5.07. The molecule has 0 heterocycles. The molecular weight excluding hydrogens is 234 g/mol. The molecule has 1 atom stereocenters. The largest absolute Gasteiger partial charge is 0.444 e.